The van der Waals surface area contributed by atoms with E-state index < -0.39 is 0 Å². The van der Waals surface area contributed by atoms with E-state index in [1.54, 1.807) is 12.5 Å². The standard InChI is InChI=1S/C23H18N2O2/c26-23(25-20-10-9-15-3-1-2-4-18(15)20)17-7-5-16(6-8-17)22-19-12-14-27-21(19)11-13-24-22/h1-8,11-14,20H,9-10H2,(H,25,26). The quantitative estimate of drug-likeness (QED) is 0.568. The third kappa shape index (κ3) is 2.79. The predicted octanol–water partition coefficient (Wildman–Crippen LogP) is 4.91. The first-order chi connectivity index (χ1) is 13.3. The van der Waals surface area contributed by atoms with Crippen molar-refractivity contribution in [1.29, 1.82) is 0 Å². The van der Waals surface area contributed by atoms with Gasteiger partial charge in [0.1, 0.15) is 5.58 Å². The minimum absolute atomic E-state index is 0.0438. The van der Waals surface area contributed by atoms with Gasteiger partial charge in [0.05, 0.1) is 18.0 Å². The topological polar surface area (TPSA) is 55.1 Å². The largest absolute Gasteiger partial charge is 0.464 e. The molecule has 0 saturated heterocycles. The Morgan fingerprint density at radius 2 is 1.89 bits per heavy atom. The molecule has 0 radical (unpaired) electrons. The van der Waals surface area contributed by atoms with E-state index in [4.69, 9.17) is 4.42 Å². The molecule has 2 aromatic heterocycles. The van der Waals surface area contributed by atoms with Crippen molar-refractivity contribution in [3.8, 4) is 11.3 Å². The zero-order valence-corrected chi connectivity index (χ0v) is 14.7. The fraction of sp³-hybridized carbons (Fsp3) is 0.130. The normalized spacial score (nSPS) is 15.6. The smallest absolute Gasteiger partial charge is 0.251 e. The van der Waals surface area contributed by atoms with E-state index >= 15 is 0 Å². The van der Waals surface area contributed by atoms with Crippen LogP contribution in [0.25, 0.3) is 22.2 Å². The Balaban J connectivity index is 1.38. The fourth-order valence-electron chi connectivity index (χ4n) is 3.85. The van der Waals surface area contributed by atoms with Crippen molar-refractivity contribution in [1.82, 2.24) is 10.3 Å². The van der Waals surface area contributed by atoms with Gasteiger partial charge >= 0.3 is 0 Å². The summed E-state index contributed by atoms with van der Waals surface area (Å²) in [5, 5.41) is 4.14. The van der Waals surface area contributed by atoms with Crippen molar-refractivity contribution >= 4 is 16.9 Å². The number of aryl methyl sites for hydroxylation is 1. The molecule has 0 spiro atoms. The van der Waals surface area contributed by atoms with Crippen LogP contribution in [0, 0.1) is 0 Å². The molecular formula is C23H18N2O2. The predicted molar refractivity (Wildman–Crippen MR) is 104 cm³/mol. The number of nitrogens with one attached hydrogen (secondary N) is 1. The molecule has 1 N–H and O–H groups in total. The number of hydrogen-bond acceptors (Lipinski definition) is 3. The first-order valence-electron chi connectivity index (χ1n) is 9.11. The Morgan fingerprint density at radius 3 is 2.78 bits per heavy atom. The number of aromatic nitrogens is 1. The second kappa shape index (κ2) is 6.40. The maximum atomic E-state index is 12.7. The molecule has 0 fully saturated rings. The summed E-state index contributed by atoms with van der Waals surface area (Å²) in [5.41, 5.74) is 5.85. The lowest BCUT2D eigenvalue weighted by Crippen LogP contribution is -2.27. The number of fused-ring (bicyclic) bond motifs is 2. The number of carbonyl (C=O) groups is 1. The summed E-state index contributed by atoms with van der Waals surface area (Å²) in [7, 11) is 0. The molecule has 0 saturated carbocycles. The highest BCUT2D eigenvalue weighted by Gasteiger charge is 2.23. The van der Waals surface area contributed by atoms with Gasteiger partial charge in [0.25, 0.3) is 5.91 Å². The van der Waals surface area contributed by atoms with Gasteiger partial charge in [-0.1, -0.05) is 36.4 Å². The molecule has 1 aliphatic carbocycles. The molecule has 2 heterocycles. The zero-order valence-electron chi connectivity index (χ0n) is 14.7. The van der Waals surface area contributed by atoms with Gasteiger partial charge < -0.3 is 9.73 Å². The highest BCUT2D eigenvalue weighted by atomic mass is 16.3. The average molecular weight is 354 g/mol. The van der Waals surface area contributed by atoms with Gasteiger partial charge in [0.15, 0.2) is 0 Å². The number of benzene rings is 2. The summed E-state index contributed by atoms with van der Waals surface area (Å²) in [6.07, 6.45) is 5.37. The lowest BCUT2D eigenvalue weighted by molar-refractivity contribution is 0.0936. The lowest BCUT2D eigenvalue weighted by Gasteiger charge is -2.14. The summed E-state index contributed by atoms with van der Waals surface area (Å²) >= 11 is 0. The average Bonchev–Trinajstić information content (AvgIpc) is 3.35. The van der Waals surface area contributed by atoms with Crippen LogP contribution >= 0.6 is 0 Å². The van der Waals surface area contributed by atoms with Crippen molar-refractivity contribution in [2.24, 2.45) is 0 Å². The van der Waals surface area contributed by atoms with E-state index in [-0.39, 0.29) is 11.9 Å². The summed E-state index contributed by atoms with van der Waals surface area (Å²) in [6.45, 7) is 0. The number of pyridine rings is 1. The van der Waals surface area contributed by atoms with Crippen molar-refractivity contribution < 1.29 is 9.21 Å². The summed E-state index contributed by atoms with van der Waals surface area (Å²) < 4.78 is 5.44. The van der Waals surface area contributed by atoms with Crippen LogP contribution in [0.5, 0.6) is 0 Å². The van der Waals surface area contributed by atoms with E-state index in [1.165, 1.54) is 11.1 Å². The number of furan rings is 1. The van der Waals surface area contributed by atoms with Crippen LogP contribution in [-0.4, -0.2) is 10.9 Å². The number of carbonyl (C=O) groups excluding carboxylic acids is 1. The number of amides is 1. The van der Waals surface area contributed by atoms with Crippen LogP contribution < -0.4 is 5.32 Å². The maximum absolute atomic E-state index is 12.7. The molecule has 0 aliphatic heterocycles. The van der Waals surface area contributed by atoms with Crippen LogP contribution in [0.2, 0.25) is 0 Å². The SMILES string of the molecule is O=C(NC1CCc2ccccc21)c1ccc(-c2nccc3occc23)cc1. The third-order valence-electron chi connectivity index (χ3n) is 5.24. The Kier molecular flexibility index (Phi) is 3.75. The molecule has 5 rings (SSSR count). The molecule has 132 valence electrons. The molecule has 2 aromatic carbocycles. The molecule has 1 amide bonds. The zero-order chi connectivity index (χ0) is 18.2. The van der Waals surface area contributed by atoms with Gasteiger partial charge in [0.2, 0.25) is 0 Å². The van der Waals surface area contributed by atoms with Gasteiger partial charge in [-0.3, -0.25) is 9.78 Å². The molecular weight excluding hydrogens is 336 g/mol. The highest BCUT2D eigenvalue weighted by Crippen LogP contribution is 2.31. The second-order valence-electron chi connectivity index (χ2n) is 6.83. The number of rotatable bonds is 3. The molecule has 1 atom stereocenters. The number of hydrogen-bond donors (Lipinski definition) is 1. The second-order valence-corrected chi connectivity index (χ2v) is 6.83. The molecule has 4 aromatic rings. The van der Waals surface area contributed by atoms with Gasteiger partial charge in [-0.2, -0.15) is 0 Å². The first kappa shape index (κ1) is 15.8. The Morgan fingerprint density at radius 1 is 1.04 bits per heavy atom. The van der Waals surface area contributed by atoms with E-state index in [2.05, 4.69) is 28.5 Å². The molecule has 1 unspecified atom stereocenters. The molecule has 1 aliphatic rings. The van der Waals surface area contributed by atoms with Crippen LogP contribution in [0.4, 0.5) is 0 Å². The van der Waals surface area contributed by atoms with E-state index in [0.717, 1.165) is 35.1 Å². The number of nitrogens with zero attached hydrogens (tertiary/aromatic N) is 1. The van der Waals surface area contributed by atoms with Crippen molar-refractivity contribution in [2.75, 3.05) is 0 Å². The summed E-state index contributed by atoms with van der Waals surface area (Å²) in [4.78, 5) is 17.2. The van der Waals surface area contributed by atoms with Gasteiger partial charge in [0, 0.05) is 22.7 Å². The van der Waals surface area contributed by atoms with Crippen molar-refractivity contribution in [3.63, 3.8) is 0 Å². The third-order valence-corrected chi connectivity index (χ3v) is 5.24. The monoisotopic (exact) mass is 354 g/mol. The Hall–Kier alpha value is -3.40. The highest BCUT2D eigenvalue weighted by molar-refractivity contribution is 5.96. The Bertz CT molecular complexity index is 1130. The minimum atomic E-state index is -0.0438. The molecule has 4 nitrogen and oxygen atoms in total. The van der Waals surface area contributed by atoms with E-state index in [9.17, 15) is 4.79 Å². The minimum Gasteiger partial charge on any atom is -0.464 e. The van der Waals surface area contributed by atoms with Crippen molar-refractivity contribution in [3.05, 3.63) is 89.8 Å². The van der Waals surface area contributed by atoms with Gasteiger partial charge in [-0.15, -0.1) is 0 Å². The van der Waals surface area contributed by atoms with Gasteiger partial charge in [-0.25, -0.2) is 0 Å². The molecule has 4 heteroatoms. The van der Waals surface area contributed by atoms with Crippen LogP contribution in [0.3, 0.4) is 0 Å². The summed E-state index contributed by atoms with van der Waals surface area (Å²) in [6, 6.07) is 19.8. The van der Waals surface area contributed by atoms with Crippen LogP contribution in [0.15, 0.2) is 77.5 Å². The summed E-state index contributed by atoms with van der Waals surface area (Å²) in [5.74, 6) is -0.0438. The van der Waals surface area contributed by atoms with Crippen LogP contribution in [-0.2, 0) is 6.42 Å². The first-order valence-corrected chi connectivity index (χ1v) is 9.11. The fourth-order valence-corrected chi connectivity index (χ4v) is 3.85. The molecule has 0 bridgehead atoms. The van der Waals surface area contributed by atoms with E-state index in [1.807, 2.05) is 42.5 Å². The maximum Gasteiger partial charge on any atom is 0.251 e. The van der Waals surface area contributed by atoms with Crippen LogP contribution in [0.1, 0.15) is 33.9 Å². The van der Waals surface area contributed by atoms with Crippen molar-refractivity contribution in [2.45, 2.75) is 18.9 Å². The van der Waals surface area contributed by atoms with Gasteiger partial charge in [-0.05, 0) is 48.2 Å². The lowest BCUT2D eigenvalue weighted by atomic mass is 10.0. The molecule has 27 heavy (non-hydrogen) atoms. The Labute approximate surface area is 156 Å². The van der Waals surface area contributed by atoms with E-state index in [0.29, 0.717) is 5.56 Å².